The molecule has 1 amide bonds. The first kappa shape index (κ1) is 19.2. The minimum atomic E-state index is -0.495. The van der Waals surface area contributed by atoms with Crippen molar-refractivity contribution < 1.29 is 4.79 Å². The van der Waals surface area contributed by atoms with E-state index in [0.29, 0.717) is 12.5 Å². The van der Waals surface area contributed by atoms with Crippen molar-refractivity contribution >= 4 is 29.2 Å². The van der Waals surface area contributed by atoms with Crippen molar-refractivity contribution in [2.45, 2.75) is 44.7 Å². The molecule has 0 atom stereocenters. The van der Waals surface area contributed by atoms with Crippen LogP contribution >= 0.6 is 0 Å². The lowest BCUT2D eigenvalue weighted by Gasteiger charge is -2.46. The third-order valence-electron chi connectivity index (χ3n) is 5.13. The Morgan fingerprint density at radius 1 is 1.26 bits per heavy atom. The summed E-state index contributed by atoms with van der Waals surface area (Å²) in [7, 11) is 3.73. The molecular formula is C19H29N7O. The lowest BCUT2D eigenvalue weighted by atomic mass is 9.87. The van der Waals surface area contributed by atoms with Gasteiger partial charge in [0.05, 0.1) is 12.2 Å². The molecule has 8 heteroatoms. The molecule has 1 fully saturated rings. The first-order valence-corrected chi connectivity index (χ1v) is 9.36. The Morgan fingerprint density at radius 3 is 2.63 bits per heavy atom. The van der Waals surface area contributed by atoms with E-state index in [1.54, 1.807) is 0 Å². The van der Waals surface area contributed by atoms with Crippen LogP contribution in [0.3, 0.4) is 0 Å². The molecule has 1 aromatic rings. The number of nitrogens with two attached hydrogens (primary N) is 2. The van der Waals surface area contributed by atoms with Crippen molar-refractivity contribution in [3.8, 4) is 0 Å². The number of nitrogens with zero attached hydrogens (tertiary/aromatic N) is 4. The second-order valence-electron chi connectivity index (χ2n) is 7.55. The fraction of sp³-hybridized carbons (Fsp3) is 0.526. The molecule has 1 spiro atoms. The van der Waals surface area contributed by atoms with Crippen molar-refractivity contribution in [2.75, 3.05) is 30.9 Å². The van der Waals surface area contributed by atoms with Gasteiger partial charge in [-0.25, -0.2) is 4.99 Å². The predicted molar refractivity (Wildman–Crippen MR) is 110 cm³/mol. The zero-order valence-electron chi connectivity index (χ0n) is 16.3. The molecule has 3 rings (SSSR count). The van der Waals surface area contributed by atoms with Gasteiger partial charge in [-0.3, -0.25) is 9.69 Å². The summed E-state index contributed by atoms with van der Waals surface area (Å²) in [4.78, 5) is 25.0. The molecule has 0 aromatic heterocycles. The van der Waals surface area contributed by atoms with Crippen molar-refractivity contribution in [2.24, 2.45) is 21.5 Å². The highest BCUT2D eigenvalue weighted by molar-refractivity contribution is 6.06. The maximum atomic E-state index is 12.2. The Kier molecular flexibility index (Phi) is 5.36. The van der Waals surface area contributed by atoms with Gasteiger partial charge in [-0.1, -0.05) is 12.5 Å². The van der Waals surface area contributed by atoms with Crippen LogP contribution in [0.15, 0.2) is 28.2 Å². The van der Waals surface area contributed by atoms with Gasteiger partial charge >= 0.3 is 0 Å². The zero-order valence-corrected chi connectivity index (χ0v) is 16.3. The van der Waals surface area contributed by atoms with Gasteiger partial charge in [0.1, 0.15) is 5.66 Å². The number of hydrogen-bond acceptors (Lipinski definition) is 7. The van der Waals surface area contributed by atoms with Crippen LogP contribution in [-0.2, 0) is 4.79 Å². The number of hydrogen-bond donors (Lipinski definition) is 3. The molecule has 0 radical (unpaired) electrons. The summed E-state index contributed by atoms with van der Waals surface area (Å²) in [5, 5.41) is 2.99. The number of amides is 1. The number of anilines is 2. The maximum absolute atomic E-state index is 12.2. The summed E-state index contributed by atoms with van der Waals surface area (Å²) in [5.74, 6) is 0.526. The Balaban J connectivity index is 1.98. The fourth-order valence-electron chi connectivity index (χ4n) is 3.95. The number of nitrogens with one attached hydrogen (secondary N) is 1. The predicted octanol–water partition coefficient (Wildman–Crippen LogP) is 1.60. The van der Waals surface area contributed by atoms with Gasteiger partial charge in [0.25, 0.3) is 0 Å². The Morgan fingerprint density at radius 2 is 1.96 bits per heavy atom. The van der Waals surface area contributed by atoms with Gasteiger partial charge < -0.3 is 21.7 Å². The highest BCUT2D eigenvalue weighted by Gasteiger charge is 2.43. The minimum Gasteiger partial charge on any atom is -0.369 e. The number of carbonyl (C=O) groups is 1. The number of aliphatic imine (C=N–C) groups is 2. The maximum Gasteiger partial charge on any atom is 0.238 e. The highest BCUT2D eigenvalue weighted by Crippen LogP contribution is 2.41. The van der Waals surface area contributed by atoms with E-state index in [2.05, 4.69) is 10.3 Å². The van der Waals surface area contributed by atoms with Crippen LogP contribution in [0.2, 0.25) is 0 Å². The molecule has 0 saturated heterocycles. The standard InChI is InChI=1S/C19H29N7O/c1-13-14(22-16(27)12-25(2)3)8-7-9-15(13)26-18(21)23-17(20)24-19(26)10-5-4-6-11-19/h7-9H,4-6,10-12H2,1-3H3,(H,22,27)(H4,20,21,23,24). The molecule has 8 nitrogen and oxygen atoms in total. The van der Waals surface area contributed by atoms with Crippen LogP contribution in [0.5, 0.6) is 0 Å². The number of guanidine groups is 2. The molecule has 1 aromatic carbocycles. The summed E-state index contributed by atoms with van der Waals surface area (Å²) >= 11 is 0. The van der Waals surface area contributed by atoms with Gasteiger partial charge in [0.15, 0.2) is 0 Å². The van der Waals surface area contributed by atoms with E-state index in [4.69, 9.17) is 16.5 Å². The SMILES string of the molecule is Cc1c(NC(=O)CN(C)C)cccc1N1C(N)=NC(N)=NC12CCCCC2. The summed E-state index contributed by atoms with van der Waals surface area (Å²) in [6.07, 6.45) is 5.07. The van der Waals surface area contributed by atoms with Gasteiger partial charge in [-0.05, 0) is 64.4 Å². The van der Waals surface area contributed by atoms with Gasteiger partial charge in [0, 0.05) is 5.69 Å². The largest absolute Gasteiger partial charge is 0.369 e. The summed E-state index contributed by atoms with van der Waals surface area (Å²) in [6.45, 7) is 2.30. The first-order chi connectivity index (χ1) is 12.8. The normalized spacial score (nSPS) is 19.0. The molecule has 146 valence electrons. The lowest BCUT2D eigenvalue weighted by Crippen LogP contribution is -2.58. The average molecular weight is 371 g/mol. The molecule has 5 N–H and O–H groups in total. The molecule has 1 aliphatic carbocycles. The van der Waals surface area contributed by atoms with E-state index in [9.17, 15) is 4.79 Å². The summed E-state index contributed by atoms with van der Waals surface area (Å²) < 4.78 is 0. The van der Waals surface area contributed by atoms with Gasteiger partial charge in [-0.2, -0.15) is 4.99 Å². The second kappa shape index (κ2) is 7.56. The first-order valence-electron chi connectivity index (χ1n) is 9.36. The smallest absolute Gasteiger partial charge is 0.238 e. The van der Waals surface area contributed by atoms with Crippen LogP contribution in [0.4, 0.5) is 11.4 Å². The summed E-state index contributed by atoms with van der Waals surface area (Å²) in [5.41, 5.74) is 14.4. The number of rotatable bonds is 4. The van der Waals surface area contributed by atoms with Crippen LogP contribution in [0, 0.1) is 6.92 Å². The van der Waals surface area contributed by atoms with Crippen LogP contribution in [0.1, 0.15) is 37.7 Å². The van der Waals surface area contributed by atoms with Crippen LogP contribution in [0.25, 0.3) is 0 Å². The van der Waals surface area contributed by atoms with E-state index >= 15 is 0 Å². The molecule has 0 bridgehead atoms. The molecule has 0 unspecified atom stereocenters. The van der Waals surface area contributed by atoms with E-state index in [1.807, 2.05) is 49.0 Å². The Hall–Kier alpha value is -2.61. The Bertz CT molecular complexity index is 778. The number of benzene rings is 1. The van der Waals surface area contributed by atoms with Gasteiger partial charge in [-0.15, -0.1) is 0 Å². The van der Waals surface area contributed by atoms with E-state index in [1.165, 1.54) is 6.42 Å². The third-order valence-corrected chi connectivity index (χ3v) is 5.13. The number of likely N-dealkylation sites (N-methyl/N-ethyl adjacent to an activating group) is 1. The fourth-order valence-corrected chi connectivity index (χ4v) is 3.95. The molecule has 27 heavy (non-hydrogen) atoms. The monoisotopic (exact) mass is 371 g/mol. The van der Waals surface area contributed by atoms with E-state index in [-0.39, 0.29) is 11.9 Å². The van der Waals surface area contributed by atoms with Crippen molar-refractivity contribution in [1.29, 1.82) is 0 Å². The molecule has 1 saturated carbocycles. The van der Waals surface area contributed by atoms with E-state index in [0.717, 1.165) is 42.6 Å². The third kappa shape index (κ3) is 3.90. The topological polar surface area (TPSA) is 112 Å². The van der Waals surface area contributed by atoms with Crippen LogP contribution in [-0.4, -0.2) is 49.0 Å². The van der Waals surface area contributed by atoms with Crippen molar-refractivity contribution in [3.63, 3.8) is 0 Å². The quantitative estimate of drug-likeness (QED) is 0.744. The lowest BCUT2D eigenvalue weighted by molar-refractivity contribution is -0.116. The molecule has 2 aliphatic rings. The molecule has 1 aliphatic heterocycles. The zero-order chi connectivity index (χ0) is 19.6. The molecular weight excluding hydrogens is 342 g/mol. The highest BCUT2D eigenvalue weighted by atomic mass is 16.2. The average Bonchev–Trinajstić information content (AvgIpc) is 2.57. The molecule has 1 heterocycles. The Labute approximate surface area is 160 Å². The van der Waals surface area contributed by atoms with E-state index < -0.39 is 5.66 Å². The van der Waals surface area contributed by atoms with Gasteiger partial charge in [0.2, 0.25) is 17.8 Å². The second-order valence-corrected chi connectivity index (χ2v) is 7.55. The van der Waals surface area contributed by atoms with Crippen molar-refractivity contribution in [3.05, 3.63) is 23.8 Å². The van der Waals surface area contributed by atoms with Crippen molar-refractivity contribution in [1.82, 2.24) is 4.90 Å². The minimum absolute atomic E-state index is 0.0600. The number of carbonyl (C=O) groups excluding carboxylic acids is 1. The van der Waals surface area contributed by atoms with Crippen LogP contribution < -0.4 is 21.7 Å². The summed E-state index contributed by atoms with van der Waals surface area (Å²) in [6, 6.07) is 5.81.